The van der Waals surface area contributed by atoms with Crippen LogP contribution in [0, 0.1) is 5.82 Å². The molecule has 3 rings (SSSR count). The summed E-state index contributed by atoms with van der Waals surface area (Å²) >= 11 is 0. The van der Waals surface area contributed by atoms with Gasteiger partial charge in [0.2, 0.25) is 5.91 Å². The van der Waals surface area contributed by atoms with Gasteiger partial charge in [-0.05, 0) is 62.3 Å². The van der Waals surface area contributed by atoms with Crippen LogP contribution in [0.25, 0.3) is 11.3 Å². The average Bonchev–Trinajstić information content (AvgIpc) is 3.24. The number of aromatic amines is 1. The number of amides is 3. The van der Waals surface area contributed by atoms with Crippen molar-refractivity contribution in [1.82, 2.24) is 25.7 Å². The van der Waals surface area contributed by atoms with Crippen LogP contribution in [0.1, 0.15) is 23.7 Å². The number of aromatic nitrogens is 2. The topological polar surface area (TPSA) is 90.1 Å². The normalized spacial score (nSPS) is 11.9. The maximum atomic E-state index is 13.1. The van der Waals surface area contributed by atoms with Crippen molar-refractivity contribution in [2.45, 2.75) is 18.9 Å². The van der Waals surface area contributed by atoms with Crippen LogP contribution in [0.4, 0.5) is 9.18 Å². The highest BCUT2D eigenvalue weighted by molar-refractivity contribution is 5.97. The van der Waals surface area contributed by atoms with Gasteiger partial charge >= 0.3 is 6.03 Å². The van der Waals surface area contributed by atoms with Crippen LogP contribution >= 0.6 is 0 Å². The lowest BCUT2D eigenvalue weighted by Crippen LogP contribution is -2.44. The molecule has 7 nitrogen and oxygen atoms in total. The van der Waals surface area contributed by atoms with Crippen molar-refractivity contribution in [1.29, 1.82) is 0 Å². The van der Waals surface area contributed by atoms with Gasteiger partial charge in [-0.15, -0.1) is 0 Å². The minimum atomic E-state index is -0.588. The number of aryl methyl sites for hydroxylation is 1. The van der Waals surface area contributed by atoms with Gasteiger partial charge in [-0.2, -0.15) is 5.10 Å². The van der Waals surface area contributed by atoms with E-state index in [9.17, 15) is 14.0 Å². The van der Waals surface area contributed by atoms with Crippen LogP contribution in [0.3, 0.4) is 0 Å². The summed E-state index contributed by atoms with van der Waals surface area (Å²) in [5, 5.41) is 12.1. The van der Waals surface area contributed by atoms with Gasteiger partial charge in [0.25, 0.3) is 0 Å². The highest BCUT2D eigenvalue weighted by atomic mass is 19.1. The molecule has 0 aliphatic carbocycles. The van der Waals surface area contributed by atoms with E-state index in [-0.39, 0.29) is 11.7 Å². The summed E-state index contributed by atoms with van der Waals surface area (Å²) in [4.78, 5) is 26.3. The molecule has 0 aliphatic rings. The molecule has 2 aromatic carbocycles. The van der Waals surface area contributed by atoms with Crippen LogP contribution in [0.15, 0.2) is 60.7 Å². The maximum Gasteiger partial charge on any atom is 0.321 e. The number of halogens is 1. The zero-order valence-corrected chi connectivity index (χ0v) is 17.6. The molecule has 1 unspecified atom stereocenters. The van der Waals surface area contributed by atoms with Crippen molar-refractivity contribution >= 4 is 11.9 Å². The Kier molecular flexibility index (Phi) is 7.50. The Hall–Kier alpha value is -3.52. The van der Waals surface area contributed by atoms with E-state index in [4.69, 9.17) is 0 Å². The molecule has 0 radical (unpaired) electrons. The fourth-order valence-corrected chi connectivity index (χ4v) is 3.39. The van der Waals surface area contributed by atoms with Crippen LogP contribution < -0.4 is 10.6 Å². The molecule has 31 heavy (non-hydrogen) atoms. The zero-order valence-electron chi connectivity index (χ0n) is 17.6. The molecule has 0 bridgehead atoms. The second kappa shape index (κ2) is 10.5. The molecular weight excluding hydrogens is 397 g/mol. The highest BCUT2D eigenvalue weighted by Crippen LogP contribution is 2.21. The van der Waals surface area contributed by atoms with Crippen molar-refractivity contribution in [3.8, 4) is 11.3 Å². The van der Waals surface area contributed by atoms with Crippen molar-refractivity contribution < 1.29 is 14.0 Å². The predicted octanol–water partition coefficient (Wildman–Crippen LogP) is 3.28. The van der Waals surface area contributed by atoms with Gasteiger partial charge < -0.3 is 5.32 Å². The van der Waals surface area contributed by atoms with Crippen molar-refractivity contribution in [2.75, 3.05) is 20.6 Å². The van der Waals surface area contributed by atoms with Gasteiger partial charge in [0.05, 0.1) is 5.69 Å². The van der Waals surface area contributed by atoms with E-state index in [1.165, 1.54) is 19.2 Å². The first-order valence-electron chi connectivity index (χ1n) is 10.1. The lowest BCUT2D eigenvalue weighted by Gasteiger charge is -2.27. The van der Waals surface area contributed by atoms with Crippen LogP contribution in [0.5, 0.6) is 0 Å². The molecule has 0 aliphatic heterocycles. The molecular formula is C23H26FN5O2. The van der Waals surface area contributed by atoms with Gasteiger partial charge in [-0.1, -0.05) is 30.3 Å². The zero-order chi connectivity index (χ0) is 22.2. The van der Waals surface area contributed by atoms with E-state index in [1.807, 2.05) is 48.3 Å². The van der Waals surface area contributed by atoms with Crippen LogP contribution in [-0.4, -0.2) is 47.7 Å². The number of likely N-dealkylation sites (N-methyl/N-ethyl adjacent to an activating group) is 1. The predicted molar refractivity (Wildman–Crippen MR) is 117 cm³/mol. The third kappa shape index (κ3) is 5.99. The van der Waals surface area contributed by atoms with E-state index < -0.39 is 12.1 Å². The molecule has 1 aromatic heterocycles. The summed E-state index contributed by atoms with van der Waals surface area (Å²) in [6, 6.07) is 16.4. The number of nitrogens with one attached hydrogen (secondary N) is 3. The van der Waals surface area contributed by atoms with E-state index in [1.54, 1.807) is 12.1 Å². The lowest BCUT2D eigenvalue weighted by atomic mass is 10.0. The molecule has 3 N–H and O–H groups in total. The number of imide groups is 1. The third-order valence-corrected chi connectivity index (χ3v) is 5.00. The molecule has 0 fully saturated rings. The second-order valence-corrected chi connectivity index (χ2v) is 7.25. The Balaban J connectivity index is 1.62. The molecule has 8 heteroatoms. The number of rotatable bonds is 8. The standard InChI is InChI=1S/C23H26FN5O2/c1-25-23(31)26-22(30)21(17-7-4-3-5-8-17)29(2)14-6-9-19-15-20(28-27-19)16-10-12-18(24)13-11-16/h3-5,7-8,10-13,15,21H,6,9,14H2,1-2H3,(H,27,28)(H2,25,26,30,31). The Labute approximate surface area is 180 Å². The van der Waals surface area contributed by atoms with Gasteiger partial charge in [-0.25, -0.2) is 9.18 Å². The van der Waals surface area contributed by atoms with Gasteiger partial charge in [0, 0.05) is 18.3 Å². The molecule has 0 saturated heterocycles. The molecule has 1 atom stereocenters. The van der Waals surface area contributed by atoms with Gasteiger partial charge in [-0.3, -0.25) is 20.1 Å². The summed E-state index contributed by atoms with van der Waals surface area (Å²) < 4.78 is 13.1. The molecule has 3 aromatic rings. The Morgan fingerprint density at radius 1 is 1.13 bits per heavy atom. The van der Waals surface area contributed by atoms with Crippen LogP contribution in [-0.2, 0) is 11.2 Å². The number of urea groups is 1. The fraction of sp³-hybridized carbons (Fsp3) is 0.261. The van der Waals surface area contributed by atoms with E-state index in [0.717, 1.165) is 35.4 Å². The molecule has 162 valence electrons. The molecule has 0 spiro atoms. The monoisotopic (exact) mass is 423 g/mol. The Morgan fingerprint density at radius 2 is 1.84 bits per heavy atom. The summed E-state index contributed by atoms with van der Waals surface area (Å²) in [6.45, 7) is 0.631. The number of carbonyl (C=O) groups excluding carboxylic acids is 2. The first kappa shape index (κ1) is 22.2. The van der Waals surface area contributed by atoms with Crippen molar-refractivity contribution in [3.05, 3.63) is 77.7 Å². The number of hydrogen-bond donors (Lipinski definition) is 3. The summed E-state index contributed by atoms with van der Waals surface area (Å²) in [7, 11) is 3.33. The summed E-state index contributed by atoms with van der Waals surface area (Å²) in [5.41, 5.74) is 3.37. The number of benzene rings is 2. The van der Waals surface area contributed by atoms with E-state index in [0.29, 0.717) is 6.54 Å². The largest absolute Gasteiger partial charge is 0.341 e. The van der Waals surface area contributed by atoms with Crippen molar-refractivity contribution in [3.63, 3.8) is 0 Å². The average molecular weight is 423 g/mol. The Morgan fingerprint density at radius 3 is 2.52 bits per heavy atom. The van der Waals surface area contributed by atoms with Crippen molar-refractivity contribution in [2.24, 2.45) is 0 Å². The smallest absolute Gasteiger partial charge is 0.321 e. The fourth-order valence-electron chi connectivity index (χ4n) is 3.39. The molecule has 1 heterocycles. The minimum absolute atomic E-state index is 0.282. The Bertz CT molecular complexity index is 1000. The highest BCUT2D eigenvalue weighted by Gasteiger charge is 2.26. The molecule has 0 saturated carbocycles. The number of carbonyl (C=O) groups is 2. The number of H-pyrrole nitrogens is 1. The van der Waals surface area contributed by atoms with Gasteiger partial charge in [0.15, 0.2) is 0 Å². The third-order valence-electron chi connectivity index (χ3n) is 5.00. The minimum Gasteiger partial charge on any atom is -0.341 e. The first-order valence-corrected chi connectivity index (χ1v) is 10.1. The quantitative estimate of drug-likeness (QED) is 0.519. The van der Waals surface area contributed by atoms with E-state index in [2.05, 4.69) is 20.8 Å². The van der Waals surface area contributed by atoms with E-state index >= 15 is 0 Å². The number of nitrogens with zero attached hydrogens (tertiary/aromatic N) is 2. The molecule has 3 amide bonds. The lowest BCUT2D eigenvalue weighted by molar-refractivity contribution is -0.125. The van der Waals surface area contributed by atoms with Gasteiger partial charge in [0.1, 0.15) is 11.9 Å². The van der Waals surface area contributed by atoms with Crippen LogP contribution in [0.2, 0.25) is 0 Å². The number of hydrogen-bond acceptors (Lipinski definition) is 4. The second-order valence-electron chi connectivity index (χ2n) is 7.25. The first-order chi connectivity index (χ1) is 15.0. The maximum absolute atomic E-state index is 13.1. The SMILES string of the molecule is CNC(=O)NC(=O)C(c1ccccc1)N(C)CCCc1cc(-c2ccc(F)cc2)n[nH]1. The summed E-state index contributed by atoms with van der Waals surface area (Å²) in [6.07, 6.45) is 1.51. The summed E-state index contributed by atoms with van der Waals surface area (Å²) in [5.74, 6) is -0.663.